The lowest BCUT2D eigenvalue weighted by Gasteiger charge is -2.19. The molecule has 0 fully saturated rings. The van der Waals surface area contributed by atoms with Crippen molar-refractivity contribution in [2.75, 3.05) is 12.8 Å². The molecule has 1 aliphatic heterocycles. The van der Waals surface area contributed by atoms with E-state index in [1.807, 2.05) is 0 Å². The van der Waals surface area contributed by atoms with Gasteiger partial charge in [0.05, 0.1) is 5.69 Å². The summed E-state index contributed by atoms with van der Waals surface area (Å²) in [5.74, 6) is 0.871. The highest BCUT2D eigenvalue weighted by molar-refractivity contribution is 7.98. The molecule has 0 saturated heterocycles. The largest absolute Gasteiger partial charge is 0.312 e. The van der Waals surface area contributed by atoms with E-state index in [0.29, 0.717) is 0 Å². The fraction of sp³-hybridized carbons (Fsp3) is 0.375. The van der Waals surface area contributed by atoms with Gasteiger partial charge in [-0.15, -0.1) is 11.8 Å². The van der Waals surface area contributed by atoms with Gasteiger partial charge in [-0.3, -0.25) is 0 Å². The third-order valence-corrected chi connectivity index (χ3v) is 4.45. The topological polar surface area (TPSA) is 37.8 Å². The minimum Gasteiger partial charge on any atom is -0.312 e. The number of nitrogens with zero attached hydrogens (tertiary/aromatic N) is 2. The molecule has 0 amide bonds. The summed E-state index contributed by atoms with van der Waals surface area (Å²) in [5.41, 5.74) is 4.83. The first kappa shape index (κ1) is 13.6. The average molecular weight is 285 g/mol. The summed E-state index contributed by atoms with van der Waals surface area (Å²) in [5, 5.41) is 3.41. The Balaban J connectivity index is 2.04. The summed E-state index contributed by atoms with van der Waals surface area (Å²) in [6, 6.07) is 8.51. The molecule has 0 spiro atoms. The lowest BCUT2D eigenvalue weighted by atomic mass is 10.0. The molecule has 0 radical (unpaired) electrons. The highest BCUT2D eigenvalue weighted by Crippen LogP contribution is 2.24. The molecule has 0 saturated carbocycles. The molecule has 1 aliphatic rings. The van der Waals surface area contributed by atoms with Crippen LogP contribution in [0.3, 0.4) is 0 Å². The average Bonchev–Trinajstić information content (AvgIpc) is 2.54. The van der Waals surface area contributed by atoms with Gasteiger partial charge in [0.25, 0.3) is 0 Å². The van der Waals surface area contributed by atoms with Crippen molar-refractivity contribution in [3.05, 3.63) is 41.2 Å². The van der Waals surface area contributed by atoms with E-state index in [9.17, 15) is 0 Å². The quantitative estimate of drug-likeness (QED) is 0.880. The van der Waals surface area contributed by atoms with E-state index >= 15 is 0 Å². The molecule has 104 valence electrons. The molecule has 1 aromatic heterocycles. The Bertz CT molecular complexity index is 591. The van der Waals surface area contributed by atoms with Gasteiger partial charge in [-0.1, -0.05) is 19.1 Å². The van der Waals surface area contributed by atoms with Crippen LogP contribution in [0.15, 0.2) is 29.2 Å². The summed E-state index contributed by atoms with van der Waals surface area (Å²) in [6.07, 6.45) is 4.05. The Hall–Kier alpha value is -1.39. The third kappa shape index (κ3) is 2.58. The fourth-order valence-electron chi connectivity index (χ4n) is 2.57. The molecule has 0 bridgehead atoms. The number of nitrogens with one attached hydrogen (secondary N) is 1. The van der Waals surface area contributed by atoms with E-state index in [1.54, 1.807) is 11.8 Å². The maximum atomic E-state index is 4.79. The molecule has 0 atom stereocenters. The second-order valence-electron chi connectivity index (χ2n) is 4.93. The van der Waals surface area contributed by atoms with Crippen LogP contribution in [0.25, 0.3) is 11.4 Å². The molecule has 4 heteroatoms. The van der Waals surface area contributed by atoms with Gasteiger partial charge in [-0.25, -0.2) is 9.97 Å². The second kappa shape index (κ2) is 5.94. The van der Waals surface area contributed by atoms with E-state index < -0.39 is 0 Å². The maximum absolute atomic E-state index is 4.79. The molecule has 20 heavy (non-hydrogen) atoms. The Morgan fingerprint density at radius 3 is 2.70 bits per heavy atom. The van der Waals surface area contributed by atoms with Crippen LogP contribution in [0.4, 0.5) is 0 Å². The van der Waals surface area contributed by atoms with E-state index in [1.165, 1.54) is 21.8 Å². The van der Waals surface area contributed by atoms with Gasteiger partial charge >= 0.3 is 0 Å². The molecular weight excluding hydrogens is 266 g/mol. The summed E-state index contributed by atoms with van der Waals surface area (Å²) in [7, 11) is 0. The predicted octanol–water partition coefficient (Wildman–Crippen LogP) is 3.07. The van der Waals surface area contributed by atoms with E-state index in [0.717, 1.165) is 37.3 Å². The van der Waals surface area contributed by atoms with E-state index in [4.69, 9.17) is 9.97 Å². The summed E-state index contributed by atoms with van der Waals surface area (Å²) in [6.45, 7) is 4.08. The lowest BCUT2D eigenvalue weighted by molar-refractivity contribution is 0.618. The van der Waals surface area contributed by atoms with Crippen LogP contribution in [-0.2, 0) is 19.4 Å². The minimum absolute atomic E-state index is 0.871. The van der Waals surface area contributed by atoms with Crippen LogP contribution >= 0.6 is 11.8 Å². The Labute approximate surface area is 124 Å². The van der Waals surface area contributed by atoms with Crippen LogP contribution in [-0.4, -0.2) is 22.8 Å². The molecule has 1 aromatic carbocycles. The van der Waals surface area contributed by atoms with Crippen LogP contribution in [0.5, 0.6) is 0 Å². The zero-order valence-corrected chi connectivity index (χ0v) is 12.8. The monoisotopic (exact) mass is 285 g/mol. The van der Waals surface area contributed by atoms with Crippen molar-refractivity contribution in [2.24, 2.45) is 0 Å². The molecule has 0 unspecified atom stereocenters. The van der Waals surface area contributed by atoms with Gasteiger partial charge in [0.1, 0.15) is 0 Å². The summed E-state index contributed by atoms with van der Waals surface area (Å²) in [4.78, 5) is 10.8. The third-order valence-electron chi connectivity index (χ3n) is 3.70. The minimum atomic E-state index is 0.871. The maximum Gasteiger partial charge on any atom is 0.159 e. The lowest BCUT2D eigenvalue weighted by Crippen LogP contribution is -2.26. The Kier molecular flexibility index (Phi) is 4.03. The van der Waals surface area contributed by atoms with Crippen molar-refractivity contribution >= 4 is 11.8 Å². The normalized spacial score (nSPS) is 14.1. The molecule has 3 nitrogen and oxygen atoms in total. The van der Waals surface area contributed by atoms with E-state index in [2.05, 4.69) is 42.8 Å². The fourth-order valence-corrected chi connectivity index (χ4v) is 2.98. The smallest absolute Gasteiger partial charge is 0.159 e. The van der Waals surface area contributed by atoms with Crippen molar-refractivity contribution in [2.45, 2.75) is 31.2 Å². The van der Waals surface area contributed by atoms with E-state index in [-0.39, 0.29) is 0 Å². The van der Waals surface area contributed by atoms with Crippen molar-refractivity contribution in [1.29, 1.82) is 0 Å². The second-order valence-corrected chi connectivity index (χ2v) is 5.81. The number of hydrogen-bond acceptors (Lipinski definition) is 4. The molecular formula is C16H19N3S. The number of thioether (sulfide) groups is 1. The van der Waals surface area contributed by atoms with Gasteiger partial charge < -0.3 is 5.32 Å². The SMILES string of the molecule is CCc1nc(-c2ccc(SC)cc2)nc2c1CNCC2. The molecule has 2 aromatic rings. The van der Waals surface area contributed by atoms with Crippen molar-refractivity contribution in [3.8, 4) is 11.4 Å². The molecule has 2 heterocycles. The Morgan fingerprint density at radius 2 is 2.00 bits per heavy atom. The molecule has 1 N–H and O–H groups in total. The van der Waals surface area contributed by atoms with Gasteiger partial charge in [-0.2, -0.15) is 0 Å². The molecule has 0 aliphatic carbocycles. The summed E-state index contributed by atoms with van der Waals surface area (Å²) >= 11 is 1.75. The van der Waals surface area contributed by atoms with Gasteiger partial charge in [0, 0.05) is 41.2 Å². The predicted molar refractivity (Wildman–Crippen MR) is 84.0 cm³/mol. The number of aryl methyl sites for hydroxylation is 1. The van der Waals surface area contributed by atoms with Gasteiger partial charge in [-0.05, 0) is 24.8 Å². The van der Waals surface area contributed by atoms with Gasteiger partial charge in [0.2, 0.25) is 0 Å². The van der Waals surface area contributed by atoms with Crippen LogP contribution in [0.2, 0.25) is 0 Å². The molecule has 3 rings (SSSR count). The number of fused-ring (bicyclic) bond motifs is 1. The zero-order chi connectivity index (χ0) is 13.9. The Morgan fingerprint density at radius 1 is 1.20 bits per heavy atom. The first-order valence-corrected chi connectivity index (χ1v) is 8.28. The van der Waals surface area contributed by atoms with Crippen LogP contribution < -0.4 is 5.32 Å². The zero-order valence-electron chi connectivity index (χ0n) is 11.9. The summed E-state index contributed by atoms with van der Waals surface area (Å²) < 4.78 is 0. The number of hydrogen-bond donors (Lipinski definition) is 1. The standard InChI is InChI=1S/C16H19N3S/c1-3-14-13-10-17-9-8-15(13)19-16(18-14)11-4-6-12(20-2)7-5-11/h4-7,17H,3,8-10H2,1-2H3. The first-order valence-electron chi connectivity index (χ1n) is 7.05. The van der Waals surface area contributed by atoms with Crippen molar-refractivity contribution < 1.29 is 0 Å². The number of benzene rings is 1. The van der Waals surface area contributed by atoms with Crippen molar-refractivity contribution in [1.82, 2.24) is 15.3 Å². The van der Waals surface area contributed by atoms with Gasteiger partial charge in [0.15, 0.2) is 5.82 Å². The van der Waals surface area contributed by atoms with Crippen molar-refractivity contribution in [3.63, 3.8) is 0 Å². The highest BCUT2D eigenvalue weighted by atomic mass is 32.2. The number of aromatic nitrogens is 2. The number of rotatable bonds is 3. The van der Waals surface area contributed by atoms with Crippen LogP contribution in [0.1, 0.15) is 23.9 Å². The highest BCUT2D eigenvalue weighted by Gasteiger charge is 2.17. The first-order chi connectivity index (χ1) is 9.81. The van der Waals surface area contributed by atoms with Crippen LogP contribution in [0, 0.1) is 0 Å².